The number of aryl methyl sites for hydroxylation is 1. The Kier molecular flexibility index (Phi) is 4.19. The molecule has 1 aliphatic heterocycles. The molecule has 23 heavy (non-hydrogen) atoms. The minimum absolute atomic E-state index is 0.206. The smallest absolute Gasteiger partial charge is 0.262 e. The first-order valence-electron chi connectivity index (χ1n) is 7.37. The quantitative estimate of drug-likeness (QED) is 0.788. The number of rotatable bonds is 5. The molecule has 0 fully saturated rings. The SMILES string of the molecule is CCn1ncc(Cl)c1CN(C)CN1C(=O)c2ccccc2C1=O. The molecule has 7 heteroatoms. The van der Waals surface area contributed by atoms with E-state index in [0.29, 0.717) is 29.2 Å². The van der Waals surface area contributed by atoms with Crippen LogP contribution in [0.4, 0.5) is 0 Å². The Labute approximate surface area is 139 Å². The predicted molar refractivity (Wildman–Crippen MR) is 86.2 cm³/mol. The maximum Gasteiger partial charge on any atom is 0.262 e. The van der Waals surface area contributed by atoms with Crippen LogP contribution in [0, 0.1) is 0 Å². The first-order chi connectivity index (χ1) is 11.0. The van der Waals surface area contributed by atoms with Gasteiger partial charge in [-0.05, 0) is 26.1 Å². The van der Waals surface area contributed by atoms with Crippen molar-refractivity contribution < 1.29 is 9.59 Å². The second-order valence-corrected chi connectivity index (χ2v) is 5.90. The summed E-state index contributed by atoms with van der Waals surface area (Å²) in [6.07, 6.45) is 1.61. The highest BCUT2D eigenvalue weighted by molar-refractivity contribution is 6.31. The van der Waals surface area contributed by atoms with Crippen molar-refractivity contribution in [1.29, 1.82) is 0 Å². The lowest BCUT2D eigenvalue weighted by Crippen LogP contribution is -2.39. The highest BCUT2D eigenvalue weighted by Gasteiger charge is 2.35. The van der Waals surface area contributed by atoms with Crippen LogP contribution in [0.5, 0.6) is 0 Å². The fourth-order valence-electron chi connectivity index (χ4n) is 2.73. The summed E-state index contributed by atoms with van der Waals surface area (Å²) in [4.78, 5) is 27.9. The summed E-state index contributed by atoms with van der Waals surface area (Å²) in [6.45, 7) is 3.40. The van der Waals surface area contributed by atoms with E-state index < -0.39 is 0 Å². The van der Waals surface area contributed by atoms with Gasteiger partial charge in [-0.15, -0.1) is 0 Å². The Morgan fingerprint density at radius 2 is 1.78 bits per heavy atom. The number of hydrogen-bond donors (Lipinski definition) is 0. The summed E-state index contributed by atoms with van der Waals surface area (Å²) in [7, 11) is 1.84. The van der Waals surface area contributed by atoms with Crippen molar-refractivity contribution in [3.63, 3.8) is 0 Å². The van der Waals surface area contributed by atoms with Gasteiger partial charge in [0.2, 0.25) is 0 Å². The maximum atomic E-state index is 12.4. The third-order valence-corrected chi connectivity index (χ3v) is 4.19. The monoisotopic (exact) mass is 332 g/mol. The van der Waals surface area contributed by atoms with E-state index in [2.05, 4.69) is 5.10 Å². The minimum Gasteiger partial charge on any atom is -0.283 e. The van der Waals surface area contributed by atoms with Gasteiger partial charge in [-0.3, -0.25) is 24.1 Å². The van der Waals surface area contributed by atoms with E-state index in [1.54, 1.807) is 35.1 Å². The first kappa shape index (κ1) is 15.7. The van der Waals surface area contributed by atoms with E-state index in [9.17, 15) is 9.59 Å². The van der Waals surface area contributed by atoms with Crippen molar-refractivity contribution in [2.45, 2.75) is 20.0 Å². The molecule has 6 nitrogen and oxygen atoms in total. The molecule has 120 valence electrons. The van der Waals surface area contributed by atoms with Crippen molar-refractivity contribution in [2.24, 2.45) is 0 Å². The summed E-state index contributed by atoms with van der Waals surface area (Å²) < 4.78 is 1.81. The fourth-order valence-corrected chi connectivity index (χ4v) is 2.93. The molecule has 0 N–H and O–H groups in total. The maximum absolute atomic E-state index is 12.4. The van der Waals surface area contributed by atoms with Gasteiger partial charge in [0.05, 0.1) is 34.7 Å². The molecule has 0 saturated heterocycles. The summed E-state index contributed by atoms with van der Waals surface area (Å²) >= 11 is 6.16. The van der Waals surface area contributed by atoms with E-state index in [1.165, 1.54) is 4.90 Å². The molecule has 0 atom stereocenters. The number of halogens is 1. The van der Waals surface area contributed by atoms with Crippen LogP contribution in [-0.2, 0) is 13.1 Å². The Morgan fingerprint density at radius 1 is 1.17 bits per heavy atom. The van der Waals surface area contributed by atoms with Crippen LogP contribution in [0.1, 0.15) is 33.3 Å². The van der Waals surface area contributed by atoms with Crippen LogP contribution in [0.15, 0.2) is 30.5 Å². The van der Waals surface area contributed by atoms with Gasteiger partial charge in [0, 0.05) is 13.1 Å². The van der Waals surface area contributed by atoms with Gasteiger partial charge in [-0.2, -0.15) is 5.10 Å². The van der Waals surface area contributed by atoms with Crippen LogP contribution >= 0.6 is 11.6 Å². The standard InChI is InChI=1S/C16H17ClN4O2/c1-3-21-14(13(17)8-18-21)9-19(2)10-20-15(22)11-6-4-5-7-12(11)16(20)23/h4-8H,3,9-10H2,1-2H3. The van der Waals surface area contributed by atoms with Crippen LogP contribution in [-0.4, -0.2) is 45.1 Å². The van der Waals surface area contributed by atoms with E-state index in [1.807, 2.05) is 18.9 Å². The molecule has 0 radical (unpaired) electrons. The van der Waals surface area contributed by atoms with Gasteiger partial charge in [0.25, 0.3) is 11.8 Å². The molecule has 0 bridgehead atoms. The highest BCUT2D eigenvalue weighted by atomic mass is 35.5. The van der Waals surface area contributed by atoms with Crippen molar-refractivity contribution >= 4 is 23.4 Å². The molecule has 0 aliphatic carbocycles. The van der Waals surface area contributed by atoms with Gasteiger partial charge in [0.15, 0.2) is 0 Å². The van der Waals surface area contributed by atoms with Gasteiger partial charge in [-0.25, -0.2) is 0 Å². The lowest BCUT2D eigenvalue weighted by molar-refractivity contribution is 0.0557. The van der Waals surface area contributed by atoms with E-state index in [-0.39, 0.29) is 18.5 Å². The van der Waals surface area contributed by atoms with Gasteiger partial charge in [0.1, 0.15) is 0 Å². The van der Waals surface area contributed by atoms with E-state index >= 15 is 0 Å². The molecule has 1 aliphatic rings. The molecule has 1 aromatic carbocycles. The molecule has 2 amide bonds. The molecular weight excluding hydrogens is 316 g/mol. The molecule has 0 spiro atoms. The molecular formula is C16H17ClN4O2. The van der Waals surface area contributed by atoms with Gasteiger partial charge < -0.3 is 0 Å². The summed E-state index contributed by atoms with van der Waals surface area (Å²) in [5.74, 6) is -0.514. The normalized spacial score (nSPS) is 14.0. The number of imide groups is 1. The number of carbonyl (C=O) groups excluding carboxylic acids is 2. The van der Waals surface area contributed by atoms with Crippen LogP contribution in [0.2, 0.25) is 5.02 Å². The summed E-state index contributed by atoms with van der Waals surface area (Å²) in [5, 5.41) is 4.78. The van der Waals surface area contributed by atoms with Crippen LogP contribution in [0.3, 0.4) is 0 Å². The average molecular weight is 333 g/mol. The zero-order chi connectivity index (χ0) is 16.6. The van der Waals surface area contributed by atoms with Crippen LogP contribution < -0.4 is 0 Å². The number of aromatic nitrogens is 2. The second-order valence-electron chi connectivity index (χ2n) is 5.49. The number of carbonyl (C=O) groups is 2. The predicted octanol–water partition coefficient (Wildman–Crippen LogP) is 2.24. The lowest BCUT2D eigenvalue weighted by Gasteiger charge is -2.23. The molecule has 0 unspecified atom stereocenters. The van der Waals surface area contributed by atoms with Crippen molar-refractivity contribution in [3.05, 3.63) is 52.3 Å². The van der Waals surface area contributed by atoms with Crippen molar-refractivity contribution in [2.75, 3.05) is 13.7 Å². The first-order valence-corrected chi connectivity index (χ1v) is 7.74. The Bertz CT molecular complexity index is 736. The fraction of sp³-hybridized carbons (Fsp3) is 0.312. The van der Waals surface area contributed by atoms with E-state index in [4.69, 9.17) is 11.6 Å². The van der Waals surface area contributed by atoms with Crippen molar-refractivity contribution in [1.82, 2.24) is 19.6 Å². The number of hydrogen-bond acceptors (Lipinski definition) is 4. The molecule has 2 heterocycles. The molecule has 0 saturated carbocycles. The Morgan fingerprint density at radius 3 is 2.35 bits per heavy atom. The Balaban J connectivity index is 1.74. The molecule has 1 aromatic heterocycles. The van der Waals surface area contributed by atoms with Crippen LogP contribution in [0.25, 0.3) is 0 Å². The largest absolute Gasteiger partial charge is 0.283 e. The highest BCUT2D eigenvalue weighted by Crippen LogP contribution is 2.23. The summed E-state index contributed by atoms with van der Waals surface area (Å²) in [5.41, 5.74) is 1.79. The van der Waals surface area contributed by atoms with Crippen molar-refractivity contribution in [3.8, 4) is 0 Å². The van der Waals surface area contributed by atoms with E-state index in [0.717, 1.165) is 5.69 Å². The average Bonchev–Trinajstić information content (AvgIpc) is 3.01. The summed E-state index contributed by atoms with van der Waals surface area (Å²) in [6, 6.07) is 6.88. The number of fused-ring (bicyclic) bond motifs is 1. The number of amides is 2. The number of benzene rings is 1. The Hall–Kier alpha value is -2.18. The number of nitrogens with zero attached hydrogens (tertiary/aromatic N) is 4. The second kappa shape index (κ2) is 6.14. The minimum atomic E-state index is -0.257. The molecule has 2 aromatic rings. The molecule has 3 rings (SSSR count). The zero-order valence-corrected chi connectivity index (χ0v) is 13.7. The third-order valence-electron chi connectivity index (χ3n) is 3.88. The van der Waals surface area contributed by atoms with Gasteiger partial charge in [-0.1, -0.05) is 23.7 Å². The lowest BCUT2D eigenvalue weighted by atomic mass is 10.1. The van der Waals surface area contributed by atoms with Gasteiger partial charge >= 0.3 is 0 Å². The zero-order valence-electron chi connectivity index (χ0n) is 13.0. The topological polar surface area (TPSA) is 58.4 Å². The third kappa shape index (κ3) is 2.75.